The predicted molar refractivity (Wildman–Crippen MR) is 127 cm³/mol. The molecule has 180 valence electrons. The highest BCUT2D eigenvalue weighted by Crippen LogP contribution is 2.50. The zero-order chi connectivity index (χ0) is 23.7. The van der Waals surface area contributed by atoms with Crippen LogP contribution in [0.1, 0.15) is 49.3 Å². The fourth-order valence-electron chi connectivity index (χ4n) is 5.66. The molecule has 2 aromatic carbocycles. The van der Waals surface area contributed by atoms with Crippen LogP contribution in [0.4, 0.5) is 0 Å². The van der Waals surface area contributed by atoms with E-state index in [1.807, 2.05) is 41.3 Å². The highest BCUT2D eigenvalue weighted by molar-refractivity contribution is 5.92. The third-order valence-corrected chi connectivity index (χ3v) is 7.41. The van der Waals surface area contributed by atoms with Gasteiger partial charge in [-0.05, 0) is 60.7 Å². The number of aliphatic hydroxyl groups is 1. The molecule has 1 aliphatic carbocycles. The predicted octanol–water partition coefficient (Wildman–Crippen LogP) is 4.34. The smallest absolute Gasteiger partial charge is 0.247 e. The summed E-state index contributed by atoms with van der Waals surface area (Å²) in [5, 5.41) is 11.5. The lowest BCUT2D eigenvalue weighted by molar-refractivity contribution is -0.150. The van der Waals surface area contributed by atoms with Gasteiger partial charge >= 0.3 is 0 Å². The third-order valence-electron chi connectivity index (χ3n) is 7.41. The second-order valence-corrected chi connectivity index (χ2v) is 9.24. The molecule has 2 fully saturated rings. The van der Waals surface area contributed by atoms with Gasteiger partial charge in [-0.2, -0.15) is 0 Å². The first kappa shape index (κ1) is 22.6. The molecule has 3 aliphatic rings. The summed E-state index contributed by atoms with van der Waals surface area (Å²) in [5.74, 6) is 2.56. The number of amides is 1. The molecule has 1 amide bonds. The number of likely N-dealkylation sites (tertiary alicyclic amines) is 1. The van der Waals surface area contributed by atoms with Crippen LogP contribution >= 0.6 is 0 Å². The number of rotatable bonds is 5. The Balaban J connectivity index is 1.45. The maximum atomic E-state index is 13.5. The summed E-state index contributed by atoms with van der Waals surface area (Å²) < 4.78 is 21.8. The minimum atomic E-state index is -0.747. The monoisotopic (exact) mass is 465 g/mol. The van der Waals surface area contributed by atoms with Crippen molar-refractivity contribution in [2.45, 2.75) is 43.7 Å². The Kier molecular flexibility index (Phi) is 6.13. The van der Waals surface area contributed by atoms with Gasteiger partial charge in [0.2, 0.25) is 12.7 Å². The molecule has 3 unspecified atom stereocenters. The Morgan fingerprint density at radius 2 is 1.88 bits per heavy atom. The molecule has 0 radical (unpaired) electrons. The van der Waals surface area contributed by atoms with Gasteiger partial charge in [0.05, 0.1) is 25.9 Å². The number of ether oxygens (including phenoxy) is 4. The Labute approximate surface area is 199 Å². The van der Waals surface area contributed by atoms with Crippen LogP contribution in [0.5, 0.6) is 23.0 Å². The Bertz CT molecular complexity index is 1100. The normalized spacial score (nSPS) is 25.8. The van der Waals surface area contributed by atoms with Gasteiger partial charge in [0, 0.05) is 18.5 Å². The first-order valence-corrected chi connectivity index (χ1v) is 11.8. The molecule has 0 bridgehead atoms. The van der Waals surface area contributed by atoms with Gasteiger partial charge in [0.25, 0.3) is 0 Å². The minimum absolute atomic E-state index is 0.0196. The molecule has 5 rings (SSSR count). The zero-order valence-electron chi connectivity index (χ0n) is 19.7. The molecule has 3 atom stereocenters. The molecule has 7 nitrogen and oxygen atoms in total. The molecule has 1 N–H and O–H groups in total. The zero-order valence-corrected chi connectivity index (χ0v) is 19.7. The Morgan fingerprint density at radius 3 is 2.71 bits per heavy atom. The second kappa shape index (κ2) is 9.22. The van der Waals surface area contributed by atoms with Crippen molar-refractivity contribution < 1.29 is 28.8 Å². The van der Waals surface area contributed by atoms with E-state index in [4.69, 9.17) is 18.9 Å². The van der Waals surface area contributed by atoms with Crippen LogP contribution < -0.4 is 18.9 Å². The van der Waals surface area contributed by atoms with Crippen molar-refractivity contribution in [3.63, 3.8) is 0 Å². The number of carbonyl (C=O) groups is 1. The van der Waals surface area contributed by atoms with Crippen molar-refractivity contribution in [2.75, 3.05) is 27.6 Å². The minimum Gasteiger partial charge on any atom is -0.493 e. The van der Waals surface area contributed by atoms with E-state index in [1.165, 1.54) is 0 Å². The van der Waals surface area contributed by atoms with Crippen LogP contribution in [0.3, 0.4) is 0 Å². The van der Waals surface area contributed by atoms with E-state index >= 15 is 0 Å². The van der Waals surface area contributed by atoms with Crippen molar-refractivity contribution in [1.82, 2.24) is 4.90 Å². The Morgan fingerprint density at radius 1 is 1.06 bits per heavy atom. The fourth-order valence-corrected chi connectivity index (χ4v) is 5.66. The van der Waals surface area contributed by atoms with Gasteiger partial charge in [-0.25, -0.2) is 0 Å². The summed E-state index contributed by atoms with van der Waals surface area (Å²) in [6.45, 7) is 0.703. The Hall–Kier alpha value is -3.19. The summed E-state index contributed by atoms with van der Waals surface area (Å²) in [4.78, 5) is 15.4. The maximum Gasteiger partial charge on any atom is 0.247 e. The first-order valence-electron chi connectivity index (χ1n) is 11.8. The number of fused-ring (bicyclic) bond motifs is 2. The SMILES string of the molecule is COc1ccc(C=CC(=O)N2CCC3(O)CCCCC3C2c2ccc3c(c2)OCO3)cc1OC. The van der Waals surface area contributed by atoms with E-state index in [0.717, 1.165) is 36.8 Å². The molecule has 1 saturated heterocycles. The number of benzene rings is 2. The van der Waals surface area contributed by atoms with Gasteiger partial charge in [0.1, 0.15) is 0 Å². The van der Waals surface area contributed by atoms with Crippen molar-refractivity contribution in [1.29, 1.82) is 0 Å². The van der Waals surface area contributed by atoms with Crippen molar-refractivity contribution in [3.8, 4) is 23.0 Å². The summed E-state index contributed by atoms with van der Waals surface area (Å²) in [6.07, 6.45) is 7.73. The van der Waals surface area contributed by atoms with E-state index in [2.05, 4.69) is 0 Å². The average Bonchev–Trinajstić information content (AvgIpc) is 3.34. The van der Waals surface area contributed by atoms with E-state index < -0.39 is 5.60 Å². The molecule has 0 aromatic heterocycles. The maximum absolute atomic E-state index is 13.5. The first-order chi connectivity index (χ1) is 16.5. The lowest BCUT2D eigenvalue weighted by Crippen LogP contribution is -2.56. The topological polar surface area (TPSA) is 77.5 Å². The largest absolute Gasteiger partial charge is 0.493 e. The number of carbonyl (C=O) groups excluding carboxylic acids is 1. The molecule has 0 spiro atoms. The van der Waals surface area contributed by atoms with Gasteiger partial charge in [-0.3, -0.25) is 4.79 Å². The summed E-state index contributed by atoms with van der Waals surface area (Å²) in [6, 6.07) is 11.2. The van der Waals surface area contributed by atoms with Crippen LogP contribution in [0.25, 0.3) is 6.08 Å². The van der Waals surface area contributed by atoms with E-state index in [0.29, 0.717) is 36.0 Å². The van der Waals surface area contributed by atoms with E-state index in [-0.39, 0.29) is 24.7 Å². The molecule has 2 aromatic rings. The fraction of sp³-hybridized carbons (Fsp3) is 0.444. The highest BCUT2D eigenvalue weighted by Gasteiger charge is 2.50. The molecule has 34 heavy (non-hydrogen) atoms. The lowest BCUT2D eigenvalue weighted by atomic mass is 9.66. The molecular formula is C27H31NO6. The van der Waals surface area contributed by atoms with Crippen LogP contribution in [0, 0.1) is 5.92 Å². The van der Waals surface area contributed by atoms with Crippen molar-refractivity contribution in [3.05, 3.63) is 53.6 Å². The summed E-state index contributed by atoms with van der Waals surface area (Å²) in [7, 11) is 3.18. The number of nitrogens with zero attached hydrogens (tertiary/aromatic N) is 1. The van der Waals surface area contributed by atoms with Crippen LogP contribution in [0.2, 0.25) is 0 Å². The summed E-state index contributed by atoms with van der Waals surface area (Å²) >= 11 is 0. The third kappa shape index (κ3) is 4.09. The van der Waals surface area contributed by atoms with Gasteiger partial charge in [-0.15, -0.1) is 0 Å². The van der Waals surface area contributed by atoms with Crippen LogP contribution in [-0.4, -0.2) is 49.1 Å². The highest BCUT2D eigenvalue weighted by atomic mass is 16.7. The van der Waals surface area contributed by atoms with Crippen molar-refractivity contribution >= 4 is 12.0 Å². The van der Waals surface area contributed by atoms with Crippen LogP contribution in [0.15, 0.2) is 42.5 Å². The second-order valence-electron chi connectivity index (χ2n) is 9.24. The molecule has 7 heteroatoms. The number of methoxy groups -OCH3 is 2. The number of piperidine rings is 1. The average molecular weight is 466 g/mol. The van der Waals surface area contributed by atoms with Gasteiger partial charge in [-0.1, -0.05) is 25.0 Å². The quantitative estimate of drug-likeness (QED) is 0.662. The number of hydrogen-bond acceptors (Lipinski definition) is 6. The molecule has 1 saturated carbocycles. The van der Waals surface area contributed by atoms with Crippen LogP contribution in [-0.2, 0) is 4.79 Å². The van der Waals surface area contributed by atoms with Gasteiger partial charge in [0.15, 0.2) is 23.0 Å². The molecular weight excluding hydrogens is 434 g/mol. The lowest BCUT2D eigenvalue weighted by Gasteiger charge is -2.52. The number of hydrogen-bond donors (Lipinski definition) is 1. The molecule has 2 aliphatic heterocycles. The summed E-state index contributed by atoms with van der Waals surface area (Å²) in [5.41, 5.74) is 1.07. The standard InChI is InChI=1S/C27H31NO6/c1-31-21-9-6-18(15-23(21)32-2)7-11-25(29)28-14-13-27(30)12-4-3-5-20(27)26(28)19-8-10-22-24(16-19)34-17-33-22/h6-11,15-16,20,26,30H,3-5,12-14,17H2,1-2H3. The van der Waals surface area contributed by atoms with E-state index in [9.17, 15) is 9.90 Å². The molecule has 2 heterocycles. The van der Waals surface area contributed by atoms with Crippen molar-refractivity contribution in [2.24, 2.45) is 5.92 Å². The van der Waals surface area contributed by atoms with Gasteiger partial charge < -0.3 is 29.0 Å². The van der Waals surface area contributed by atoms with E-state index in [1.54, 1.807) is 26.4 Å².